The normalized spacial score (nSPS) is 11.6. The van der Waals surface area contributed by atoms with Crippen LogP contribution in [0.3, 0.4) is 0 Å². The number of pyridine rings is 2. The van der Waals surface area contributed by atoms with Crippen molar-refractivity contribution >= 4 is 43.9 Å². The molecule has 0 saturated carbocycles. The van der Waals surface area contributed by atoms with Crippen molar-refractivity contribution in [2.24, 2.45) is 0 Å². The minimum absolute atomic E-state index is 0.797. The molecule has 0 N–H and O–H groups in total. The summed E-state index contributed by atoms with van der Waals surface area (Å²) in [5.41, 5.74) is 10.1. The Labute approximate surface area is 250 Å². The van der Waals surface area contributed by atoms with Crippen LogP contribution in [0.25, 0.3) is 77.8 Å². The maximum atomic E-state index is 5.18. The molecule has 0 bridgehead atoms. The molecular weight excluding hydrogens is 544 g/mol. The summed E-state index contributed by atoms with van der Waals surface area (Å²) >= 11 is 0. The lowest BCUT2D eigenvalue weighted by molar-refractivity contribution is 0.766. The molecule has 0 aliphatic carbocycles. The van der Waals surface area contributed by atoms with Crippen molar-refractivity contribution in [1.82, 2.24) is 40.0 Å². The second-order valence-corrected chi connectivity index (χ2v) is 10.6. The number of benzene rings is 5. The fourth-order valence-electron chi connectivity index (χ4n) is 5.71. The molecule has 4 aromatic heterocycles. The van der Waals surface area contributed by atoms with E-state index in [1.54, 1.807) is 9.59 Å². The van der Waals surface area contributed by atoms with Crippen molar-refractivity contribution < 1.29 is 0 Å². The van der Waals surface area contributed by atoms with E-state index < -0.39 is 0 Å². The van der Waals surface area contributed by atoms with Gasteiger partial charge < -0.3 is 0 Å². The van der Waals surface area contributed by atoms with Gasteiger partial charge in [-0.1, -0.05) is 84.9 Å². The molecule has 9 aromatic rings. The van der Waals surface area contributed by atoms with Crippen LogP contribution in [-0.4, -0.2) is 40.0 Å². The highest BCUT2D eigenvalue weighted by atomic mass is 15.5. The van der Waals surface area contributed by atoms with Crippen LogP contribution in [0.2, 0.25) is 0 Å². The van der Waals surface area contributed by atoms with E-state index in [1.165, 1.54) is 0 Å². The summed E-state index contributed by atoms with van der Waals surface area (Å²) in [4.78, 5) is 13.7. The van der Waals surface area contributed by atoms with Crippen LogP contribution in [0, 0.1) is 0 Å². The molecule has 4 heterocycles. The highest BCUT2D eigenvalue weighted by Crippen LogP contribution is 2.32. The third-order valence-corrected chi connectivity index (χ3v) is 7.87. The van der Waals surface area contributed by atoms with Gasteiger partial charge in [0.15, 0.2) is 0 Å². The average Bonchev–Trinajstić information content (AvgIpc) is 3.74. The number of para-hydroxylation sites is 2. The van der Waals surface area contributed by atoms with Gasteiger partial charge in [-0.3, -0.25) is 0 Å². The molecular formula is C36H22N8. The van der Waals surface area contributed by atoms with E-state index in [-0.39, 0.29) is 0 Å². The monoisotopic (exact) mass is 566 g/mol. The molecule has 8 heteroatoms. The van der Waals surface area contributed by atoms with Gasteiger partial charge in [0.2, 0.25) is 0 Å². The van der Waals surface area contributed by atoms with Crippen LogP contribution in [0.5, 0.6) is 0 Å². The Hall–Kier alpha value is -6.28. The highest BCUT2D eigenvalue weighted by molar-refractivity contribution is 6.05. The molecule has 8 nitrogen and oxygen atoms in total. The zero-order chi connectivity index (χ0) is 29.0. The highest BCUT2D eigenvalue weighted by Gasteiger charge is 2.16. The van der Waals surface area contributed by atoms with Crippen molar-refractivity contribution in [2.75, 3.05) is 0 Å². The average molecular weight is 567 g/mol. The quantitative estimate of drug-likeness (QED) is 0.204. The lowest BCUT2D eigenvalue weighted by Gasteiger charge is -2.08. The van der Waals surface area contributed by atoms with Crippen molar-refractivity contribution in [3.8, 4) is 33.9 Å². The third-order valence-electron chi connectivity index (χ3n) is 7.87. The maximum absolute atomic E-state index is 5.18. The lowest BCUT2D eigenvalue weighted by atomic mass is 10.0. The van der Waals surface area contributed by atoms with Gasteiger partial charge in [-0.25, -0.2) is 9.97 Å². The van der Waals surface area contributed by atoms with E-state index in [2.05, 4.69) is 24.3 Å². The van der Waals surface area contributed by atoms with Crippen molar-refractivity contribution in [3.63, 3.8) is 0 Å². The van der Waals surface area contributed by atoms with Gasteiger partial charge in [-0.05, 0) is 48.5 Å². The molecule has 0 fully saturated rings. The smallest absolute Gasteiger partial charge is 0.123 e. The Morgan fingerprint density at radius 2 is 0.773 bits per heavy atom. The van der Waals surface area contributed by atoms with E-state index in [1.807, 2.05) is 109 Å². The molecule has 0 atom stereocenters. The molecule has 0 unspecified atom stereocenters. The first-order valence-electron chi connectivity index (χ1n) is 14.3. The molecule has 0 spiro atoms. The van der Waals surface area contributed by atoms with Gasteiger partial charge in [0.05, 0.1) is 33.8 Å². The number of hydrogen-bond acceptors (Lipinski definition) is 6. The summed E-state index contributed by atoms with van der Waals surface area (Å²) in [6.07, 6.45) is 0. The standard InChI is InChI=1S/C36H22N8/c1-3-9-25(10-4-1)43-39-31-15-7-13-27(35(31)41-43)29-21-19-23-17-18-24-20-22-30(38-34(24)33(23)37-29)28-14-8-16-32-36(28)42-44(40-32)26-11-5-2-6-12-26/h1-22H. The summed E-state index contributed by atoms with van der Waals surface area (Å²) in [7, 11) is 0. The van der Waals surface area contributed by atoms with Gasteiger partial charge in [0, 0.05) is 21.9 Å². The lowest BCUT2D eigenvalue weighted by Crippen LogP contribution is -1.97. The van der Waals surface area contributed by atoms with Gasteiger partial charge in [0.1, 0.15) is 22.1 Å². The van der Waals surface area contributed by atoms with Crippen LogP contribution in [0.4, 0.5) is 0 Å². The van der Waals surface area contributed by atoms with Crippen LogP contribution in [0.15, 0.2) is 133 Å². The maximum Gasteiger partial charge on any atom is 0.123 e. The number of nitrogens with zero attached hydrogens (tertiary/aromatic N) is 8. The molecule has 0 amide bonds. The van der Waals surface area contributed by atoms with Gasteiger partial charge in [-0.15, -0.1) is 20.4 Å². The van der Waals surface area contributed by atoms with Gasteiger partial charge >= 0.3 is 0 Å². The zero-order valence-corrected chi connectivity index (χ0v) is 23.3. The molecule has 9 rings (SSSR count). The predicted octanol–water partition coefficient (Wildman–Crippen LogP) is 7.58. The molecule has 0 radical (unpaired) electrons. The Morgan fingerprint density at radius 3 is 1.23 bits per heavy atom. The summed E-state index contributed by atoms with van der Waals surface area (Å²) in [5.74, 6) is 0. The first-order chi connectivity index (χ1) is 21.8. The number of aromatic nitrogens is 8. The van der Waals surface area contributed by atoms with Gasteiger partial charge in [0.25, 0.3) is 0 Å². The minimum Gasteiger partial charge on any atom is -0.245 e. The van der Waals surface area contributed by atoms with E-state index in [0.29, 0.717) is 0 Å². The number of hydrogen-bond donors (Lipinski definition) is 0. The fourth-order valence-corrected chi connectivity index (χ4v) is 5.71. The second-order valence-electron chi connectivity index (χ2n) is 10.6. The van der Waals surface area contributed by atoms with Crippen molar-refractivity contribution in [2.45, 2.75) is 0 Å². The molecule has 0 aliphatic rings. The van der Waals surface area contributed by atoms with Crippen LogP contribution in [0.1, 0.15) is 0 Å². The zero-order valence-electron chi connectivity index (χ0n) is 23.3. The number of fused-ring (bicyclic) bond motifs is 5. The summed E-state index contributed by atoms with van der Waals surface area (Å²) < 4.78 is 0. The van der Waals surface area contributed by atoms with E-state index in [4.69, 9.17) is 30.4 Å². The molecule has 44 heavy (non-hydrogen) atoms. The first kappa shape index (κ1) is 24.3. The summed E-state index contributed by atoms with van der Waals surface area (Å²) in [6.45, 7) is 0. The predicted molar refractivity (Wildman–Crippen MR) is 173 cm³/mol. The Balaban J connectivity index is 1.20. The Morgan fingerprint density at radius 1 is 0.341 bits per heavy atom. The molecule has 206 valence electrons. The largest absolute Gasteiger partial charge is 0.245 e. The minimum atomic E-state index is 0.797. The third kappa shape index (κ3) is 3.93. The fraction of sp³-hybridized carbons (Fsp3) is 0. The van der Waals surface area contributed by atoms with Gasteiger partial charge in [-0.2, -0.15) is 9.59 Å². The molecule has 0 saturated heterocycles. The van der Waals surface area contributed by atoms with Crippen molar-refractivity contribution in [1.29, 1.82) is 0 Å². The van der Waals surface area contributed by atoms with Crippen LogP contribution < -0.4 is 0 Å². The first-order valence-corrected chi connectivity index (χ1v) is 14.3. The van der Waals surface area contributed by atoms with Crippen LogP contribution in [-0.2, 0) is 0 Å². The summed E-state index contributed by atoms with van der Waals surface area (Å²) in [5, 5.41) is 21.2. The van der Waals surface area contributed by atoms with E-state index in [0.717, 1.165) is 77.8 Å². The second kappa shape index (κ2) is 9.64. The topological polar surface area (TPSA) is 87.2 Å². The van der Waals surface area contributed by atoms with Crippen molar-refractivity contribution in [3.05, 3.63) is 133 Å². The van der Waals surface area contributed by atoms with E-state index in [9.17, 15) is 0 Å². The number of rotatable bonds is 4. The Bertz CT molecular complexity index is 2320. The molecule has 5 aromatic carbocycles. The summed E-state index contributed by atoms with van der Waals surface area (Å²) in [6, 6.07) is 44.3. The Kier molecular flexibility index (Phi) is 5.33. The van der Waals surface area contributed by atoms with Crippen LogP contribution >= 0.6 is 0 Å². The SMILES string of the molecule is c1ccc(-n2nc3cccc(-c4ccc5ccc6ccc(-c7cccc8nn(-c9ccccc9)nc78)nc6c5n4)c3n2)cc1. The van der Waals surface area contributed by atoms with E-state index >= 15 is 0 Å². The molecule has 0 aliphatic heterocycles.